The maximum atomic E-state index is 12.6. The van der Waals surface area contributed by atoms with Gasteiger partial charge in [0.2, 0.25) is 0 Å². The summed E-state index contributed by atoms with van der Waals surface area (Å²) in [6.07, 6.45) is 0. The van der Waals surface area contributed by atoms with Gasteiger partial charge in [-0.15, -0.1) is 12.4 Å². The first-order valence-corrected chi connectivity index (χ1v) is 7.31. The number of para-hydroxylation sites is 1. The maximum Gasteiger partial charge on any atom is 0.287 e. The molecule has 1 unspecified atom stereocenters. The van der Waals surface area contributed by atoms with Crippen LogP contribution in [0.1, 0.15) is 42.5 Å². The van der Waals surface area contributed by atoms with Crippen LogP contribution in [0, 0.1) is 19.8 Å². The van der Waals surface area contributed by atoms with E-state index in [-0.39, 0.29) is 24.2 Å². The van der Waals surface area contributed by atoms with Crippen LogP contribution in [0.4, 0.5) is 0 Å². The molecule has 0 spiro atoms. The predicted molar refractivity (Wildman–Crippen MR) is 92.7 cm³/mol. The molecule has 0 aliphatic rings. The summed E-state index contributed by atoms with van der Waals surface area (Å²) in [5.41, 5.74) is 8.05. The van der Waals surface area contributed by atoms with Gasteiger partial charge in [-0.3, -0.25) is 4.79 Å². The molecule has 1 aromatic carbocycles. The molecular weight excluding hydrogens is 300 g/mol. The van der Waals surface area contributed by atoms with E-state index in [0.717, 1.165) is 22.1 Å². The number of benzene rings is 1. The van der Waals surface area contributed by atoms with Crippen molar-refractivity contribution in [3.63, 3.8) is 0 Å². The molecule has 122 valence electrons. The second-order valence-electron chi connectivity index (χ2n) is 6.24. The molecule has 0 saturated carbocycles. The van der Waals surface area contributed by atoms with E-state index in [1.54, 1.807) is 0 Å². The van der Waals surface area contributed by atoms with Crippen LogP contribution in [0.15, 0.2) is 22.6 Å². The molecule has 5 heteroatoms. The van der Waals surface area contributed by atoms with E-state index in [1.165, 1.54) is 0 Å². The quantitative estimate of drug-likeness (QED) is 0.903. The second-order valence-corrected chi connectivity index (χ2v) is 6.24. The van der Waals surface area contributed by atoms with E-state index in [1.807, 2.05) is 52.8 Å². The first kappa shape index (κ1) is 18.5. The first-order chi connectivity index (χ1) is 9.80. The van der Waals surface area contributed by atoms with Gasteiger partial charge in [0.25, 0.3) is 5.91 Å². The van der Waals surface area contributed by atoms with E-state index in [2.05, 4.69) is 5.32 Å². The fourth-order valence-corrected chi connectivity index (χ4v) is 2.35. The van der Waals surface area contributed by atoms with Gasteiger partial charge in [0.1, 0.15) is 5.58 Å². The lowest BCUT2D eigenvalue weighted by atomic mass is 9.88. The van der Waals surface area contributed by atoms with Gasteiger partial charge < -0.3 is 15.5 Å². The Kier molecular flexibility index (Phi) is 5.65. The van der Waals surface area contributed by atoms with Crippen LogP contribution in [0.5, 0.6) is 0 Å². The summed E-state index contributed by atoms with van der Waals surface area (Å²) in [5, 5.41) is 4.01. The number of nitrogens with two attached hydrogens (primary N) is 1. The van der Waals surface area contributed by atoms with E-state index >= 15 is 0 Å². The van der Waals surface area contributed by atoms with Crippen molar-refractivity contribution in [1.29, 1.82) is 0 Å². The van der Waals surface area contributed by atoms with E-state index in [9.17, 15) is 4.79 Å². The van der Waals surface area contributed by atoms with Gasteiger partial charge in [0, 0.05) is 17.5 Å². The van der Waals surface area contributed by atoms with Crippen LogP contribution < -0.4 is 11.1 Å². The Hall–Kier alpha value is -1.52. The fourth-order valence-electron chi connectivity index (χ4n) is 2.35. The molecule has 0 bridgehead atoms. The summed E-state index contributed by atoms with van der Waals surface area (Å²) in [4.78, 5) is 12.6. The van der Waals surface area contributed by atoms with Crippen molar-refractivity contribution in [1.82, 2.24) is 5.32 Å². The molecule has 0 aliphatic carbocycles. The topological polar surface area (TPSA) is 68.3 Å². The minimum Gasteiger partial charge on any atom is -0.450 e. The first-order valence-electron chi connectivity index (χ1n) is 7.31. The van der Waals surface area contributed by atoms with Gasteiger partial charge in [-0.25, -0.2) is 0 Å². The van der Waals surface area contributed by atoms with E-state index in [4.69, 9.17) is 10.2 Å². The van der Waals surface area contributed by atoms with E-state index < -0.39 is 5.54 Å². The monoisotopic (exact) mass is 324 g/mol. The van der Waals surface area contributed by atoms with Crippen LogP contribution in [-0.4, -0.2) is 18.0 Å². The number of hydrogen-bond acceptors (Lipinski definition) is 3. The second kappa shape index (κ2) is 6.71. The molecule has 3 N–H and O–H groups in total. The van der Waals surface area contributed by atoms with Gasteiger partial charge in [0.15, 0.2) is 5.76 Å². The Morgan fingerprint density at radius 2 is 2.00 bits per heavy atom. The third-order valence-electron chi connectivity index (χ3n) is 4.46. The number of fused-ring (bicyclic) bond motifs is 1. The third-order valence-corrected chi connectivity index (χ3v) is 4.46. The summed E-state index contributed by atoms with van der Waals surface area (Å²) in [6.45, 7) is 10.3. The average molecular weight is 325 g/mol. The fraction of sp³-hybridized carbons (Fsp3) is 0.471. The van der Waals surface area contributed by atoms with Crippen molar-refractivity contribution in [2.24, 2.45) is 11.7 Å². The molecule has 1 aromatic heterocycles. The van der Waals surface area contributed by atoms with Crippen molar-refractivity contribution < 1.29 is 9.21 Å². The summed E-state index contributed by atoms with van der Waals surface area (Å²) in [5.74, 6) is 0.405. The smallest absolute Gasteiger partial charge is 0.287 e. The van der Waals surface area contributed by atoms with Gasteiger partial charge in [-0.05, 0) is 32.3 Å². The highest BCUT2D eigenvalue weighted by Crippen LogP contribution is 2.28. The number of amides is 1. The number of carbonyl (C=O) groups excluding carboxylic acids is 1. The van der Waals surface area contributed by atoms with Gasteiger partial charge in [0.05, 0.1) is 5.54 Å². The minimum absolute atomic E-state index is 0. The molecule has 1 atom stereocenters. The number of furan rings is 1. The number of halogens is 1. The van der Waals surface area contributed by atoms with Gasteiger partial charge >= 0.3 is 0 Å². The summed E-state index contributed by atoms with van der Waals surface area (Å²) in [6, 6.07) is 5.92. The van der Waals surface area contributed by atoms with Crippen molar-refractivity contribution in [3.8, 4) is 0 Å². The normalized spacial score (nSPS) is 13.8. The number of aryl methyl sites for hydroxylation is 2. The highest BCUT2D eigenvalue weighted by Gasteiger charge is 2.31. The van der Waals surface area contributed by atoms with Crippen LogP contribution in [-0.2, 0) is 0 Å². The lowest BCUT2D eigenvalue weighted by molar-refractivity contribution is 0.0856. The number of rotatable bonds is 4. The highest BCUT2D eigenvalue weighted by molar-refractivity contribution is 5.99. The zero-order valence-electron chi connectivity index (χ0n) is 13.8. The molecule has 2 aromatic rings. The molecule has 22 heavy (non-hydrogen) atoms. The molecule has 0 fully saturated rings. The molecule has 1 heterocycles. The molecule has 0 aliphatic heterocycles. The van der Waals surface area contributed by atoms with Crippen LogP contribution in [0.25, 0.3) is 11.0 Å². The Balaban J connectivity index is 0.00000242. The highest BCUT2D eigenvalue weighted by atomic mass is 35.5. The summed E-state index contributed by atoms with van der Waals surface area (Å²) >= 11 is 0. The molecule has 1 amide bonds. The van der Waals surface area contributed by atoms with Crippen LogP contribution >= 0.6 is 12.4 Å². The molecule has 0 radical (unpaired) electrons. The molecule has 2 rings (SSSR count). The lowest BCUT2D eigenvalue weighted by Gasteiger charge is -2.33. The zero-order chi connectivity index (χ0) is 15.8. The standard InChI is InChI=1S/C17H24N2O2.ClH/c1-10(2)17(5,9-18)19-16(20)15-12(4)13-8-6-7-11(3)14(13)21-15;/h6-8,10H,9,18H2,1-5H3,(H,19,20);1H. The van der Waals surface area contributed by atoms with Crippen molar-refractivity contribution in [2.75, 3.05) is 6.54 Å². The Morgan fingerprint density at radius 1 is 1.36 bits per heavy atom. The Morgan fingerprint density at radius 3 is 2.50 bits per heavy atom. The number of nitrogens with one attached hydrogen (secondary N) is 1. The summed E-state index contributed by atoms with van der Waals surface area (Å²) < 4.78 is 5.81. The van der Waals surface area contributed by atoms with Crippen molar-refractivity contribution in [2.45, 2.75) is 40.2 Å². The van der Waals surface area contributed by atoms with Crippen LogP contribution in [0.3, 0.4) is 0 Å². The zero-order valence-corrected chi connectivity index (χ0v) is 14.6. The molecular formula is C17H25ClN2O2. The Bertz CT molecular complexity index is 679. The largest absolute Gasteiger partial charge is 0.450 e. The van der Waals surface area contributed by atoms with E-state index in [0.29, 0.717) is 12.3 Å². The lowest BCUT2D eigenvalue weighted by Crippen LogP contribution is -2.55. The number of hydrogen-bond donors (Lipinski definition) is 2. The molecule has 0 saturated heterocycles. The van der Waals surface area contributed by atoms with Crippen molar-refractivity contribution in [3.05, 3.63) is 35.1 Å². The summed E-state index contributed by atoms with van der Waals surface area (Å²) in [7, 11) is 0. The number of carbonyl (C=O) groups is 1. The predicted octanol–water partition coefficient (Wildman–Crippen LogP) is 3.57. The van der Waals surface area contributed by atoms with Crippen molar-refractivity contribution >= 4 is 29.3 Å². The Labute approximate surface area is 137 Å². The maximum absolute atomic E-state index is 12.6. The average Bonchev–Trinajstić information content (AvgIpc) is 2.77. The SMILES string of the molecule is Cc1c(C(=O)NC(C)(CN)C(C)C)oc2c(C)cccc12.Cl. The minimum atomic E-state index is -0.447. The molecule has 4 nitrogen and oxygen atoms in total. The van der Waals surface area contributed by atoms with Gasteiger partial charge in [-0.2, -0.15) is 0 Å². The van der Waals surface area contributed by atoms with Crippen LogP contribution in [0.2, 0.25) is 0 Å². The van der Waals surface area contributed by atoms with Gasteiger partial charge in [-0.1, -0.05) is 32.0 Å². The third kappa shape index (κ3) is 3.13.